The van der Waals surface area contributed by atoms with Crippen LogP contribution in [0.25, 0.3) is 0 Å². The highest BCUT2D eigenvalue weighted by Gasteiger charge is 2.22. The van der Waals surface area contributed by atoms with Gasteiger partial charge in [0, 0.05) is 23.6 Å². The summed E-state index contributed by atoms with van der Waals surface area (Å²) < 4.78 is 1.14. The molecule has 1 aromatic carbocycles. The Labute approximate surface area is 106 Å². The molecule has 2 rings (SSSR count). The fraction of sp³-hybridized carbons (Fsp3) is 0.538. The van der Waals surface area contributed by atoms with Gasteiger partial charge in [-0.3, -0.25) is 4.90 Å². The molecule has 2 unspecified atom stereocenters. The molecule has 88 valence electrons. The second-order valence-corrected chi connectivity index (χ2v) is 5.71. The molecule has 0 radical (unpaired) electrons. The molecule has 1 saturated heterocycles. The van der Waals surface area contributed by atoms with Crippen molar-refractivity contribution in [3.63, 3.8) is 0 Å². The third kappa shape index (κ3) is 3.06. The van der Waals surface area contributed by atoms with Gasteiger partial charge in [-0.1, -0.05) is 35.0 Å². The molecule has 1 aromatic rings. The van der Waals surface area contributed by atoms with E-state index in [1.807, 2.05) is 0 Å². The van der Waals surface area contributed by atoms with Crippen LogP contribution in [0.15, 0.2) is 28.7 Å². The van der Waals surface area contributed by atoms with E-state index in [1.165, 1.54) is 5.56 Å². The Balaban J connectivity index is 1.93. The lowest BCUT2D eigenvalue weighted by Crippen LogP contribution is -2.45. The standard InChI is InChI=1S/C13H19BrN2/c1-10-8-16(7-6-13(10)15)9-11-2-4-12(14)5-3-11/h2-5,10,13H,6-9,15H2,1H3. The summed E-state index contributed by atoms with van der Waals surface area (Å²) in [5, 5.41) is 0. The number of halogens is 1. The Morgan fingerprint density at radius 1 is 1.38 bits per heavy atom. The summed E-state index contributed by atoms with van der Waals surface area (Å²) in [5.74, 6) is 0.615. The van der Waals surface area contributed by atoms with Gasteiger partial charge in [0.25, 0.3) is 0 Å². The van der Waals surface area contributed by atoms with Crippen LogP contribution in [0.4, 0.5) is 0 Å². The van der Waals surface area contributed by atoms with E-state index >= 15 is 0 Å². The summed E-state index contributed by atoms with van der Waals surface area (Å²) in [5.41, 5.74) is 7.40. The molecule has 2 N–H and O–H groups in total. The zero-order valence-electron chi connectivity index (χ0n) is 9.70. The molecule has 1 heterocycles. The van der Waals surface area contributed by atoms with Crippen LogP contribution in [-0.2, 0) is 6.54 Å². The van der Waals surface area contributed by atoms with Gasteiger partial charge in [0.1, 0.15) is 0 Å². The summed E-state index contributed by atoms with van der Waals surface area (Å²) in [6, 6.07) is 8.97. The van der Waals surface area contributed by atoms with Gasteiger partial charge >= 0.3 is 0 Å². The molecule has 16 heavy (non-hydrogen) atoms. The second-order valence-electron chi connectivity index (χ2n) is 4.79. The Morgan fingerprint density at radius 2 is 2.06 bits per heavy atom. The van der Waals surface area contributed by atoms with Gasteiger partial charge in [0.2, 0.25) is 0 Å². The van der Waals surface area contributed by atoms with Crippen molar-refractivity contribution in [2.24, 2.45) is 11.7 Å². The molecule has 1 aliphatic rings. The van der Waals surface area contributed by atoms with Crippen LogP contribution < -0.4 is 5.73 Å². The number of piperidine rings is 1. The van der Waals surface area contributed by atoms with Gasteiger partial charge in [0.15, 0.2) is 0 Å². The molecule has 0 bridgehead atoms. The highest BCUT2D eigenvalue weighted by atomic mass is 79.9. The molecular weight excluding hydrogens is 264 g/mol. The number of likely N-dealkylation sites (tertiary alicyclic amines) is 1. The highest BCUT2D eigenvalue weighted by molar-refractivity contribution is 9.10. The SMILES string of the molecule is CC1CN(Cc2ccc(Br)cc2)CCC1N. The van der Waals surface area contributed by atoms with E-state index in [1.54, 1.807) is 0 Å². The van der Waals surface area contributed by atoms with E-state index in [-0.39, 0.29) is 0 Å². The van der Waals surface area contributed by atoms with Gasteiger partial charge < -0.3 is 5.73 Å². The lowest BCUT2D eigenvalue weighted by molar-refractivity contribution is 0.158. The largest absolute Gasteiger partial charge is 0.327 e. The monoisotopic (exact) mass is 282 g/mol. The molecule has 3 heteroatoms. The van der Waals surface area contributed by atoms with Crippen molar-refractivity contribution in [2.75, 3.05) is 13.1 Å². The summed E-state index contributed by atoms with van der Waals surface area (Å²) in [7, 11) is 0. The third-order valence-electron chi connectivity index (χ3n) is 3.38. The maximum atomic E-state index is 6.02. The van der Waals surface area contributed by atoms with Crippen molar-refractivity contribution in [1.82, 2.24) is 4.90 Å². The lowest BCUT2D eigenvalue weighted by Gasteiger charge is -2.35. The first kappa shape index (κ1) is 12.1. The highest BCUT2D eigenvalue weighted by Crippen LogP contribution is 2.18. The van der Waals surface area contributed by atoms with Crippen LogP contribution >= 0.6 is 15.9 Å². The lowest BCUT2D eigenvalue weighted by atomic mass is 9.94. The van der Waals surface area contributed by atoms with Gasteiger partial charge in [-0.05, 0) is 36.6 Å². The van der Waals surface area contributed by atoms with E-state index in [4.69, 9.17) is 5.73 Å². The van der Waals surface area contributed by atoms with Crippen molar-refractivity contribution in [3.05, 3.63) is 34.3 Å². The fourth-order valence-electron chi connectivity index (χ4n) is 2.24. The molecule has 2 nitrogen and oxygen atoms in total. The number of hydrogen-bond acceptors (Lipinski definition) is 2. The van der Waals surface area contributed by atoms with E-state index in [0.717, 1.165) is 30.5 Å². The number of benzene rings is 1. The van der Waals surface area contributed by atoms with Crippen molar-refractivity contribution in [3.8, 4) is 0 Å². The molecular formula is C13H19BrN2. The first-order valence-electron chi connectivity index (χ1n) is 5.87. The molecule has 0 amide bonds. The fourth-order valence-corrected chi connectivity index (χ4v) is 2.51. The number of nitrogens with two attached hydrogens (primary N) is 1. The molecule has 1 fully saturated rings. The molecule has 2 atom stereocenters. The minimum Gasteiger partial charge on any atom is -0.327 e. The maximum Gasteiger partial charge on any atom is 0.0233 e. The van der Waals surface area contributed by atoms with Crippen molar-refractivity contribution in [1.29, 1.82) is 0 Å². The Bertz CT molecular complexity index is 336. The van der Waals surface area contributed by atoms with Gasteiger partial charge in [-0.15, -0.1) is 0 Å². The Kier molecular flexibility index (Phi) is 4.00. The van der Waals surface area contributed by atoms with Crippen LogP contribution in [0.5, 0.6) is 0 Å². The molecule has 0 aromatic heterocycles. The van der Waals surface area contributed by atoms with Crippen LogP contribution in [-0.4, -0.2) is 24.0 Å². The summed E-state index contributed by atoms with van der Waals surface area (Å²) >= 11 is 3.46. The zero-order chi connectivity index (χ0) is 11.5. The Hall–Kier alpha value is -0.380. The first-order chi connectivity index (χ1) is 7.65. The van der Waals surface area contributed by atoms with Crippen LogP contribution in [0.3, 0.4) is 0 Å². The van der Waals surface area contributed by atoms with E-state index in [0.29, 0.717) is 12.0 Å². The minimum atomic E-state index is 0.390. The van der Waals surface area contributed by atoms with Gasteiger partial charge in [0.05, 0.1) is 0 Å². The van der Waals surface area contributed by atoms with Crippen molar-refractivity contribution < 1.29 is 0 Å². The Morgan fingerprint density at radius 3 is 2.69 bits per heavy atom. The van der Waals surface area contributed by atoms with Gasteiger partial charge in [-0.2, -0.15) is 0 Å². The minimum absolute atomic E-state index is 0.390. The first-order valence-corrected chi connectivity index (χ1v) is 6.67. The van der Waals surface area contributed by atoms with Crippen LogP contribution in [0.2, 0.25) is 0 Å². The van der Waals surface area contributed by atoms with Crippen molar-refractivity contribution >= 4 is 15.9 Å². The molecule has 0 aliphatic carbocycles. The van der Waals surface area contributed by atoms with E-state index < -0.39 is 0 Å². The average Bonchev–Trinajstić information content (AvgIpc) is 2.27. The number of hydrogen-bond donors (Lipinski definition) is 1. The third-order valence-corrected chi connectivity index (χ3v) is 3.90. The quantitative estimate of drug-likeness (QED) is 0.904. The van der Waals surface area contributed by atoms with Crippen LogP contribution in [0, 0.1) is 5.92 Å². The average molecular weight is 283 g/mol. The maximum absolute atomic E-state index is 6.02. The van der Waals surface area contributed by atoms with E-state index in [9.17, 15) is 0 Å². The number of rotatable bonds is 2. The zero-order valence-corrected chi connectivity index (χ0v) is 11.3. The van der Waals surface area contributed by atoms with Crippen molar-refractivity contribution in [2.45, 2.75) is 25.9 Å². The topological polar surface area (TPSA) is 29.3 Å². The summed E-state index contributed by atoms with van der Waals surface area (Å²) in [4.78, 5) is 2.50. The molecule has 1 aliphatic heterocycles. The predicted octanol–water partition coefficient (Wildman–Crippen LogP) is 2.62. The van der Waals surface area contributed by atoms with Gasteiger partial charge in [-0.25, -0.2) is 0 Å². The molecule has 0 spiro atoms. The second kappa shape index (κ2) is 5.30. The van der Waals surface area contributed by atoms with Crippen LogP contribution in [0.1, 0.15) is 18.9 Å². The van der Waals surface area contributed by atoms with E-state index in [2.05, 4.69) is 52.0 Å². The number of nitrogens with zero attached hydrogens (tertiary/aromatic N) is 1. The summed E-state index contributed by atoms with van der Waals surface area (Å²) in [6.07, 6.45) is 1.12. The molecule has 0 saturated carbocycles. The predicted molar refractivity (Wildman–Crippen MR) is 71.2 cm³/mol. The summed E-state index contributed by atoms with van der Waals surface area (Å²) in [6.45, 7) is 5.54. The normalized spacial score (nSPS) is 26.9. The smallest absolute Gasteiger partial charge is 0.0233 e.